The molecule has 4 unspecified atom stereocenters. The van der Waals surface area contributed by atoms with Crippen molar-refractivity contribution in [2.24, 2.45) is 5.92 Å². The van der Waals surface area contributed by atoms with Gasteiger partial charge >= 0.3 is 0 Å². The van der Waals surface area contributed by atoms with Crippen molar-refractivity contribution in [1.82, 2.24) is 5.32 Å². The van der Waals surface area contributed by atoms with Gasteiger partial charge in [-0.25, -0.2) is 0 Å². The smallest absolute Gasteiger partial charge is 0.0509 e. The lowest BCUT2D eigenvalue weighted by Gasteiger charge is -2.36. The van der Waals surface area contributed by atoms with Crippen molar-refractivity contribution in [1.29, 1.82) is 0 Å². The molecule has 0 radical (unpaired) electrons. The second kappa shape index (κ2) is 6.73. The van der Waals surface area contributed by atoms with Gasteiger partial charge in [-0.15, -0.1) is 0 Å². The van der Waals surface area contributed by atoms with Crippen LogP contribution in [-0.4, -0.2) is 25.3 Å². The van der Waals surface area contributed by atoms with Gasteiger partial charge in [0.25, 0.3) is 0 Å². The minimum atomic E-state index is 0.576. The quantitative estimate of drug-likeness (QED) is 0.902. The molecule has 1 aromatic rings. The molecule has 1 heterocycles. The van der Waals surface area contributed by atoms with E-state index in [0.717, 1.165) is 13.2 Å². The largest absolute Gasteiger partial charge is 0.381 e. The number of rotatable bonds is 4. The van der Waals surface area contributed by atoms with Gasteiger partial charge in [-0.1, -0.05) is 43.2 Å². The summed E-state index contributed by atoms with van der Waals surface area (Å²) in [5.74, 6) is 1.39. The van der Waals surface area contributed by atoms with Crippen LogP contribution in [0.2, 0.25) is 0 Å². The molecule has 0 aromatic heterocycles. The lowest BCUT2D eigenvalue weighted by atomic mass is 9.79. The highest BCUT2D eigenvalue weighted by atomic mass is 16.5. The maximum absolute atomic E-state index is 5.54. The van der Waals surface area contributed by atoms with E-state index < -0.39 is 0 Å². The lowest BCUT2D eigenvalue weighted by Crippen LogP contribution is -2.45. The molecule has 2 nitrogen and oxygen atoms in total. The third-order valence-electron chi connectivity index (χ3n) is 5.14. The van der Waals surface area contributed by atoms with E-state index in [4.69, 9.17) is 4.74 Å². The summed E-state index contributed by atoms with van der Waals surface area (Å²) in [7, 11) is 0. The summed E-state index contributed by atoms with van der Waals surface area (Å²) in [6.45, 7) is 4.23. The zero-order valence-corrected chi connectivity index (χ0v) is 12.6. The Kier molecular flexibility index (Phi) is 4.74. The van der Waals surface area contributed by atoms with Crippen LogP contribution in [-0.2, 0) is 4.74 Å². The third-order valence-corrected chi connectivity index (χ3v) is 5.14. The Morgan fingerprint density at radius 3 is 2.65 bits per heavy atom. The number of hydrogen-bond acceptors (Lipinski definition) is 2. The van der Waals surface area contributed by atoms with Crippen LogP contribution in [0.3, 0.4) is 0 Å². The van der Waals surface area contributed by atoms with Crippen LogP contribution in [0.25, 0.3) is 0 Å². The molecule has 3 rings (SSSR count). The molecule has 1 aliphatic heterocycles. The number of ether oxygens (including phenoxy) is 1. The molecule has 2 heteroatoms. The fourth-order valence-electron chi connectivity index (χ4n) is 3.85. The Bertz CT molecular complexity index is 399. The average molecular weight is 273 g/mol. The standard InChI is InChI=1S/C18H27NO/c1-14(16-11-12-20-13-16)19-18-10-6-5-9-17(18)15-7-3-2-4-8-15/h2-4,7-8,14,16-19H,5-6,9-13H2,1H3. The Hall–Kier alpha value is -0.860. The molecule has 4 atom stereocenters. The first-order valence-electron chi connectivity index (χ1n) is 8.23. The first-order chi connectivity index (χ1) is 9.84. The van der Waals surface area contributed by atoms with Crippen LogP contribution in [0.15, 0.2) is 30.3 Å². The van der Waals surface area contributed by atoms with E-state index >= 15 is 0 Å². The van der Waals surface area contributed by atoms with Gasteiger partial charge in [0.1, 0.15) is 0 Å². The molecule has 2 fully saturated rings. The number of nitrogens with one attached hydrogen (secondary N) is 1. The van der Waals surface area contributed by atoms with E-state index in [9.17, 15) is 0 Å². The van der Waals surface area contributed by atoms with Crippen LogP contribution in [0.1, 0.15) is 50.5 Å². The first kappa shape index (κ1) is 14.1. The molecule has 0 bridgehead atoms. The fraction of sp³-hybridized carbons (Fsp3) is 0.667. The van der Waals surface area contributed by atoms with Gasteiger partial charge in [0.15, 0.2) is 0 Å². The van der Waals surface area contributed by atoms with Crippen molar-refractivity contribution in [3.63, 3.8) is 0 Å². The highest BCUT2D eigenvalue weighted by Crippen LogP contribution is 2.34. The van der Waals surface area contributed by atoms with Crippen molar-refractivity contribution < 1.29 is 4.74 Å². The average Bonchev–Trinajstić information content (AvgIpc) is 3.03. The summed E-state index contributed by atoms with van der Waals surface area (Å²) >= 11 is 0. The van der Waals surface area contributed by atoms with Gasteiger partial charge < -0.3 is 10.1 Å². The van der Waals surface area contributed by atoms with Crippen LogP contribution in [0.5, 0.6) is 0 Å². The molecule has 1 saturated heterocycles. The molecule has 2 aliphatic rings. The molecular formula is C18H27NO. The van der Waals surface area contributed by atoms with Crippen molar-refractivity contribution in [3.8, 4) is 0 Å². The van der Waals surface area contributed by atoms with Gasteiger partial charge in [0, 0.05) is 18.7 Å². The maximum Gasteiger partial charge on any atom is 0.0509 e. The highest BCUT2D eigenvalue weighted by molar-refractivity contribution is 5.22. The molecular weight excluding hydrogens is 246 g/mol. The van der Waals surface area contributed by atoms with Gasteiger partial charge in [-0.2, -0.15) is 0 Å². The SMILES string of the molecule is CC(NC1CCCCC1c1ccccc1)C1CCOC1. The van der Waals surface area contributed by atoms with E-state index in [-0.39, 0.29) is 0 Å². The summed E-state index contributed by atoms with van der Waals surface area (Å²) in [5, 5.41) is 3.93. The molecule has 20 heavy (non-hydrogen) atoms. The number of benzene rings is 1. The summed E-state index contributed by atoms with van der Waals surface area (Å²) in [5.41, 5.74) is 1.51. The zero-order valence-electron chi connectivity index (χ0n) is 12.6. The van der Waals surface area contributed by atoms with Crippen LogP contribution < -0.4 is 5.32 Å². The zero-order chi connectivity index (χ0) is 13.8. The topological polar surface area (TPSA) is 21.3 Å². The van der Waals surface area contributed by atoms with Gasteiger partial charge in [0.2, 0.25) is 0 Å². The normalized spacial score (nSPS) is 32.1. The van der Waals surface area contributed by atoms with E-state index in [1.54, 1.807) is 0 Å². The summed E-state index contributed by atoms with van der Waals surface area (Å²) in [6.07, 6.45) is 6.61. The predicted molar refractivity (Wildman–Crippen MR) is 83.0 cm³/mol. The Morgan fingerprint density at radius 2 is 1.90 bits per heavy atom. The molecule has 1 N–H and O–H groups in total. The highest BCUT2D eigenvalue weighted by Gasteiger charge is 2.30. The summed E-state index contributed by atoms with van der Waals surface area (Å²) in [6, 6.07) is 12.3. The van der Waals surface area contributed by atoms with Gasteiger partial charge in [-0.05, 0) is 43.6 Å². The van der Waals surface area contributed by atoms with Crippen LogP contribution >= 0.6 is 0 Å². The van der Waals surface area contributed by atoms with E-state index in [2.05, 4.69) is 42.6 Å². The molecule has 110 valence electrons. The minimum absolute atomic E-state index is 0.576. The summed E-state index contributed by atoms with van der Waals surface area (Å²) in [4.78, 5) is 0. The maximum atomic E-state index is 5.54. The van der Waals surface area contributed by atoms with Gasteiger partial charge in [-0.3, -0.25) is 0 Å². The monoisotopic (exact) mass is 273 g/mol. The Morgan fingerprint density at radius 1 is 1.10 bits per heavy atom. The minimum Gasteiger partial charge on any atom is -0.381 e. The van der Waals surface area contributed by atoms with Crippen LogP contribution in [0, 0.1) is 5.92 Å². The van der Waals surface area contributed by atoms with Crippen molar-refractivity contribution in [3.05, 3.63) is 35.9 Å². The van der Waals surface area contributed by atoms with E-state index in [1.807, 2.05) is 0 Å². The van der Waals surface area contributed by atoms with Crippen LogP contribution in [0.4, 0.5) is 0 Å². The fourth-order valence-corrected chi connectivity index (χ4v) is 3.85. The molecule has 1 saturated carbocycles. The lowest BCUT2D eigenvalue weighted by molar-refractivity contribution is 0.173. The van der Waals surface area contributed by atoms with Crippen molar-refractivity contribution in [2.75, 3.05) is 13.2 Å². The molecule has 1 aliphatic carbocycles. The first-order valence-corrected chi connectivity index (χ1v) is 8.23. The molecule has 1 aromatic carbocycles. The van der Waals surface area contributed by atoms with Crippen molar-refractivity contribution in [2.45, 2.75) is 57.0 Å². The van der Waals surface area contributed by atoms with E-state index in [1.165, 1.54) is 37.7 Å². The molecule has 0 amide bonds. The Labute approximate surface area is 122 Å². The number of hydrogen-bond donors (Lipinski definition) is 1. The van der Waals surface area contributed by atoms with E-state index in [0.29, 0.717) is 23.9 Å². The third kappa shape index (κ3) is 3.24. The predicted octanol–water partition coefficient (Wildman–Crippen LogP) is 3.73. The second-order valence-corrected chi connectivity index (χ2v) is 6.49. The van der Waals surface area contributed by atoms with Gasteiger partial charge in [0.05, 0.1) is 6.61 Å². The molecule has 0 spiro atoms. The van der Waals surface area contributed by atoms with Crippen molar-refractivity contribution >= 4 is 0 Å². The second-order valence-electron chi connectivity index (χ2n) is 6.49. The summed E-state index contributed by atoms with van der Waals surface area (Å²) < 4.78 is 5.54. The Balaban J connectivity index is 1.66.